The molecule has 3 fully saturated rings. The van der Waals surface area contributed by atoms with Gasteiger partial charge in [0.2, 0.25) is 11.8 Å². The normalized spacial score (nSPS) is 33.5. The van der Waals surface area contributed by atoms with Crippen molar-refractivity contribution in [3.05, 3.63) is 47.8 Å². The number of rotatable bonds is 3. The maximum absolute atomic E-state index is 13.5. The van der Waals surface area contributed by atoms with Crippen LogP contribution in [0.4, 0.5) is 11.4 Å². The van der Waals surface area contributed by atoms with Crippen LogP contribution in [0.25, 0.3) is 15.6 Å². The molecule has 142 valence electrons. The van der Waals surface area contributed by atoms with Crippen LogP contribution in [0.5, 0.6) is 0 Å². The number of benzene rings is 2. The molecule has 3 heterocycles. The van der Waals surface area contributed by atoms with E-state index >= 15 is 0 Å². The van der Waals surface area contributed by atoms with E-state index in [0.717, 1.165) is 5.39 Å². The summed E-state index contributed by atoms with van der Waals surface area (Å²) in [5.74, 6) is -1.59. The van der Waals surface area contributed by atoms with Gasteiger partial charge in [-0.2, -0.15) is 0 Å². The highest BCUT2D eigenvalue weighted by atomic mass is 16.5. The maximum Gasteiger partial charge on any atom is 0.240 e. The Bertz CT molecular complexity index is 1070. The summed E-state index contributed by atoms with van der Waals surface area (Å²) in [6.07, 6.45) is 1.74. The molecule has 2 bridgehead atoms. The number of nitrogens with zero attached hydrogens (tertiary/aromatic N) is 2. The third-order valence-corrected chi connectivity index (χ3v) is 6.79. The number of imide groups is 1. The molecule has 2 aromatic rings. The number of carbonyl (C=O) groups excluding carboxylic acids is 2. The summed E-state index contributed by atoms with van der Waals surface area (Å²) in [5, 5.41) is 11.0. The fourth-order valence-corrected chi connectivity index (χ4v) is 5.60. The van der Waals surface area contributed by atoms with Gasteiger partial charge in [-0.05, 0) is 36.6 Å². The van der Waals surface area contributed by atoms with E-state index in [2.05, 4.69) is 4.85 Å². The van der Waals surface area contributed by atoms with Crippen molar-refractivity contribution >= 4 is 34.0 Å². The van der Waals surface area contributed by atoms with Gasteiger partial charge >= 0.3 is 0 Å². The largest absolute Gasteiger partial charge is 0.396 e. The number of anilines is 1. The fraction of sp³-hybridized carbons (Fsp3) is 0.409. The first-order valence-corrected chi connectivity index (χ1v) is 9.54. The highest BCUT2D eigenvalue weighted by Crippen LogP contribution is 2.62. The molecule has 5 rings (SSSR count). The summed E-state index contributed by atoms with van der Waals surface area (Å²) < 4.78 is 6.24. The molecule has 2 aromatic carbocycles. The first-order chi connectivity index (χ1) is 13.5. The fourth-order valence-electron chi connectivity index (χ4n) is 5.60. The molecule has 1 N–H and O–H groups in total. The van der Waals surface area contributed by atoms with Gasteiger partial charge in [0, 0.05) is 13.0 Å². The van der Waals surface area contributed by atoms with Gasteiger partial charge < -0.3 is 9.84 Å². The van der Waals surface area contributed by atoms with Crippen LogP contribution in [0.3, 0.4) is 0 Å². The van der Waals surface area contributed by atoms with Crippen molar-refractivity contribution in [2.45, 2.75) is 37.4 Å². The van der Waals surface area contributed by atoms with Crippen LogP contribution in [-0.4, -0.2) is 34.7 Å². The molecular formula is C22H20N2O4. The van der Waals surface area contributed by atoms with Crippen molar-refractivity contribution in [2.75, 3.05) is 11.5 Å². The standard InChI is InChI=1S/C22H20N2O4/c1-21-9-10-22(28-21,11-12-25)18-17(21)19(26)24(20(18)27)16-8-7-15(23-2)13-5-3-4-6-14(13)16/h3-8,17-18,25H,9-12H2,1H3/t17-,18+,21?,22?/m1/s1. The third kappa shape index (κ3) is 1.98. The number of hydrogen-bond acceptors (Lipinski definition) is 4. The monoisotopic (exact) mass is 376 g/mol. The van der Waals surface area contributed by atoms with Gasteiger partial charge in [0.25, 0.3) is 0 Å². The zero-order valence-electron chi connectivity index (χ0n) is 15.5. The minimum absolute atomic E-state index is 0.0800. The van der Waals surface area contributed by atoms with E-state index in [-0.39, 0.29) is 18.4 Å². The van der Waals surface area contributed by atoms with Crippen LogP contribution in [0.2, 0.25) is 0 Å². The molecule has 0 spiro atoms. The zero-order chi connectivity index (χ0) is 19.7. The SMILES string of the molecule is [C-]#[N+]c1ccc(N2C(=O)[C@@H]3[C@H](C2=O)C2(C)CCC3(CCO)O2)c2ccccc12. The van der Waals surface area contributed by atoms with E-state index in [1.54, 1.807) is 12.1 Å². The summed E-state index contributed by atoms with van der Waals surface area (Å²) in [4.78, 5) is 31.8. The Morgan fingerprint density at radius 1 is 1.14 bits per heavy atom. The first kappa shape index (κ1) is 17.4. The number of carbonyl (C=O) groups is 2. The van der Waals surface area contributed by atoms with Crippen LogP contribution >= 0.6 is 0 Å². The van der Waals surface area contributed by atoms with Crippen molar-refractivity contribution in [2.24, 2.45) is 11.8 Å². The Balaban J connectivity index is 1.67. The highest BCUT2D eigenvalue weighted by molar-refractivity contribution is 6.26. The molecule has 28 heavy (non-hydrogen) atoms. The first-order valence-electron chi connectivity index (χ1n) is 9.54. The second kappa shape index (κ2) is 5.63. The Morgan fingerprint density at radius 2 is 1.86 bits per heavy atom. The van der Waals surface area contributed by atoms with Crippen molar-refractivity contribution in [3.8, 4) is 0 Å². The molecule has 0 aliphatic carbocycles. The Labute approximate surface area is 162 Å². The smallest absolute Gasteiger partial charge is 0.240 e. The molecule has 3 aliphatic heterocycles. The molecule has 0 radical (unpaired) electrons. The minimum atomic E-state index is -0.762. The lowest BCUT2D eigenvalue weighted by atomic mass is 9.67. The van der Waals surface area contributed by atoms with Crippen molar-refractivity contribution in [1.29, 1.82) is 0 Å². The molecule has 0 aromatic heterocycles. The van der Waals surface area contributed by atoms with Crippen LogP contribution < -0.4 is 4.90 Å². The Morgan fingerprint density at radius 3 is 2.57 bits per heavy atom. The number of amides is 2. The van der Waals surface area contributed by atoms with E-state index in [1.807, 2.05) is 31.2 Å². The Kier molecular flexibility index (Phi) is 3.49. The van der Waals surface area contributed by atoms with Crippen LogP contribution in [-0.2, 0) is 14.3 Å². The lowest BCUT2D eigenvalue weighted by molar-refractivity contribution is -0.131. The van der Waals surface area contributed by atoms with Gasteiger partial charge in [-0.15, -0.1) is 0 Å². The molecule has 2 amide bonds. The molecular weight excluding hydrogens is 356 g/mol. The predicted octanol–water partition coefficient (Wildman–Crippen LogP) is 3.20. The molecule has 3 saturated heterocycles. The quantitative estimate of drug-likeness (QED) is 0.660. The van der Waals surface area contributed by atoms with E-state index in [0.29, 0.717) is 36.0 Å². The molecule has 4 atom stereocenters. The molecule has 0 saturated carbocycles. The van der Waals surface area contributed by atoms with Gasteiger partial charge in [0.15, 0.2) is 5.69 Å². The predicted molar refractivity (Wildman–Crippen MR) is 103 cm³/mol. The summed E-state index contributed by atoms with van der Waals surface area (Å²) in [5.41, 5.74) is -0.421. The minimum Gasteiger partial charge on any atom is -0.396 e. The van der Waals surface area contributed by atoms with Crippen LogP contribution in [0.1, 0.15) is 26.2 Å². The summed E-state index contributed by atoms with van der Waals surface area (Å²) in [7, 11) is 0. The van der Waals surface area contributed by atoms with Gasteiger partial charge in [-0.25, -0.2) is 9.74 Å². The number of ether oxygens (including phenoxy) is 1. The summed E-state index contributed by atoms with van der Waals surface area (Å²) in [6, 6.07) is 10.7. The van der Waals surface area contributed by atoms with Gasteiger partial charge in [-0.3, -0.25) is 9.59 Å². The molecule has 6 nitrogen and oxygen atoms in total. The number of hydrogen-bond donors (Lipinski definition) is 1. The van der Waals surface area contributed by atoms with E-state index in [4.69, 9.17) is 11.3 Å². The summed E-state index contributed by atoms with van der Waals surface area (Å²) in [6.45, 7) is 9.21. The lowest BCUT2D eigenvalue weighted by Gasteiger charge is -2.30. The average Bonchev–Trinajstić information content (AvgIpc) is 3.26. The second-order valence-electron chi connectivity index (χ2n) is 8.18. The number of fused-ring (bicyclic) bond motifs is 6. The molecule has 2 unspecified atom stereocenters. The van der Waals surface area contributed by atoms with Gasteiger partial charge in [0.05, 0.1) is 35.3 Å². The number of aliphatic hydroxyl groups excluding tert-OH is 1. The highest BCUT2D eigenvalue weighted by Gasteiger charge is 2.73. The van der Waals surface area contributed by atoms with E-state index < -0.39 is 23.0 Å². The topological polar surface area (TPSA) is 71.2 Å². The number of aliphatic hydroxyl groups is 1. The van der Waals surface area contributed by atoms with E-state index in [1.165, 1.54) is 4.90 Å². The summed E-state index contributed by atoms with van der Waals surface area (Å²) >= 11 is 0. The Hall–Kier alpha value is -2.75. The van der Waals surface area contributed by atoms with Crippen molar-refractivity contribution in [1.82, 2.24) is 0 Å². The van der Waals surface area contributed by atoms with Crippen LogP contribution in [0, 0.1) is 18.4 Å². The third-order valence-electron chi connectivity index (χ3n) is 6.79. The van der Waals surface area contributed by atoms with Gasteiger partial charge in [-0.1, -0.05) is 30.3 Å². The molecule has 3 aliphatic rings. The average molecular weight is 376 g/mol. The zero-order valence-corrected chi connectivity index (χ0v) is 15.5. The second-order valence-corrected chi connectivity index (χ2v) is 8.18. The van der Waals surface area contributed by atoms with Crippen molar-refractivity contribution < 1.29 is 19.4 Å². The van der Waals surface area contributed by atoms with Crippen LogP contribution in [0.15, 0.2) is 36.4 Å². The maximum atomic E-state index is 13.5. The van der Waals surface area contributed by atoms with Gasteiger partial charge in [0.1, 0.15) is 0 Å². The lowest BCUT2D eigenvalue weighted by Crippen LogP contribution is -2.42. The molecule has 6 heteroatoms. The van der Waals surface area contributed by atoms with Crippen molar-refractivity contribution in [3.63, 3.8) is 0 Å². The van der Waals surface area contributed by atoms with E-state index in [9.17, 15) is 14.7 Å².